The monoisotopic (exact) mass is 307 g/mol. The molecule has 0 aromatic heterocycles. The summed E-state index contributed by atoms with van der Waals surface area (Å²) < 4.78 is 0. The number of hydrogen-bond acceptors (Lipinski definition) is 2. The lowest BCUT2D eigenvalue weighted by atomic mass is 9.96. The quantitative estimate of drug-likeness (QED) is 0.898. The highest BCUT2D eigenvalue weighted by molar-refractivity contribution is 6.30. The summed E-state index contributed by atoms with van der Waals surface area (Å²) in [6.07, 6.45) is 4.62. The number of piperidine rings is 1. The molecule has 0 saturated carbocycles. The van der Waals surface area contributed by atoms with Crippen LogP contribution in [0.2, 0.25) is 5.02 Å². The van der Waals surface area contributed by atoms with Gasteiger partial charge in [-0.1, -0.05) is 23.7 Å². The number of carbonyl (C=O) groups excluding carboxylic acids is 2. The minimum Gasteiger partial charge on any atom is -0.369 e. The summed E-state index contributed by atoms with van der Waals surface area (Å²) in [6, 6.07) is 7.17. The molecule has 1 aromatic rings. The van der Waals surface area contributed by atoms with E-state index in [0.29, 0.717) is 31.0 Å². The number of nitrogens with two attached hydrogens (primary N) is 1. The van der Waals surface area contributed by atoms with E-state index in [2.05, 4.69) is 5.32 Å². The minimum absolute atomic E-state index is 0.115. The van der Waals surface area contributed by atoms with Gasteiger partial charge >= 0.3 is 6.03 Å². The van der Waals surface area contributed by atoms with Crippen molar-refractivity contribution in [2.75, 3.05) is 13.1 Å². The van der Waals surface area contributed by atoms with E-state index in [1.165, 1.54) is 0 Å². The lowest BCUT2D eigenvalue weighted by Gasteiger charge is -2.30. The van der Waals surface area contributed by atoms with Crippen LogP contribution in [0.25, 0.3) is 6.08 Å². The van der Waals surface area contributed by atoms with Gasteiger partial charge in [-0.25, -0.2) is 4.79 Å². The molecule has 5 nitrogen and oxygen atoms in total. The Morgan fingerprint density at radius 3 is 2.67 bits per heavy atom. The Balaban J connectivity index is 1.81. The van der Waals surface area contributed by atoms with E-state index in [-0.39, 0.29) is 17.9 Å². The molecule has 0 radical (unpaired) electrons. The third kappa shape index (κ3) is 4.49. The van der Waals surface area contributed by atoms with Crippen LogP contribution in [0.5, 0.6) is 0 Å². The van der Waals surface area contributed by atoms with E-state index < -0.39 is 0 Å². The Hall–Kier alpha value is -2.01. The molecular formula is C15H18ClN3O2. The summed E-state index contributed by atoms with van der Waals surface area (Å²) in [6.45, 7) is 1.09. The Labute approximate surface area is 128 Å². The van der Waals surface area contributed by atoms with Gasteiger partial charge in [0.2, 0.25) is 5.91 Å². The Kier molecular flexibility index (Phi) is 5.22. The maximum atomic E-state index is 12.0. The molecule has 21 heavy (non-hydrogen) atoms. The first-order valence-electron chi connectivity index (χ1n) is 6.83. The largest absolute Gasteiger partial charge is 0.369 e. The van der Waals surface area contributed by atoms with Gasteiger partial charge < -0.3 is 16.0 Å². The maximum Gasteiger partial charge on any atom is 0.321 e. The Morgan fingerprint density at radius 1 is 1.33 bits per heavy atom. The van der Waals surface area contributed by atoms with Crippen molar-refractivity contribution in [1.82, 2.24) is 10.2 Å². The van der Waals surface area contributed by atoms with Gasteiger partial charge in [0.1, 0.15) is 0 Å². The highest BCUT2D eigenvalue weighted by Crippen LogP contribution is 2.16. The molecule has 0 bridgehead atoms. The number of likely N-dealkylation sites (tertiary alicyclic amines) is 1. The molecule has 1 aliphatic heterocycles. The van der Waals surface area contributed by atoms with E-state index in [0.717, 1.165) is 5.56 Å². The van der Waals surface area contributed by atoms with Gasteiger partial charge in [0.05, 0.1) is 0 Å². The molecule has 1 saturated heterocycles. The van der Waals surface area contributed by atoms with E-state index in [9.17, 15) is 9.59 Å². The van der Waals surface area contributed by atoms with Crippen molar-refractivity contribution in [3.63, 3.8) is 0 Å². The second-order valence-corrected chi connectivity index (χ2v) is 5.44. The lowest BCUT2D eigenvalue weighted by Crippen LogP contribution is -2.45. The van der Waals surface area contributed by atoms with Gasteiger partial charge in [-0.3, -0.25) is 4.79 Å². The smallest absolute Gasteiger partial charge is 0.321 e. The summed E-state index contributed by atoms with van der Waals surface area (Å²) in [5.41, 5.74) is 6.18. The average Bonchev–Trinajstić information content (AvgIpc) is 2.47. The Morgan fingerprint density at radius 2 is 2.05 bits per heavy atom. The molecule has 0 aliphatic carbocycles. The molecule has 112 valence electrons. The van der Waals surface area contributed by atoms with Crippen LogP contribution in [0.4, 0.5) is 4.79 Å². The number of nitrogens with zero attached hydrogens (tertiary/aromatic N) is 1. The van der Waals surface area contributed by atoms with Crippen LogP contribution >= 0.6 is 11.6 Å². The van der Waals surface area contributed by atoms with Crippen molar-refractivity contribution >= 4 is 29.6 Å². The molecule has 1 aliphatic rings. The van der Waals surface area contributed by atoms with Crippen molar-refractivity contribution < 1.29 is 9.59 Å². The van der Waals surface area contributed by atoms with Crippen molar-refractivity contribution in [2.45, 2.75) is 12.8 Å². The fourth-order valence-corrected chi connectivity index (χ4v) is 2.48. The van der Waals surface area contributed by atoms with E-state index >= 15 is 0 Å². The first kappa shape index (κ1) is 15.4. The van der Waals surface area contributed by atoms with Crippen molar-refractivity contribution in [3.05, 3.63) is 41.1 Å². The number of hydrogen-bond donors (Lipinski definition) is 2. The van der Waals surface area contributed by atoms with Crippen molar-refractivity contribution in [2.24, 2.45) is 11.7 Å². The minimum atomic E-state index is -0.282. The molecule has 2 rings (SSSR count). The third-order valence-electron chi connectivity index (χ3n) is 3.52. The van der Waals surface area contributed by atoms with E-state index in [1.807, 2.05) is 18.2 Å². The predicted octanol–water partition coefficient (Wildman–Crippen LogP) is 2.22. The van der Waals surface area contributed by atoms with Gasteiger partial charge in [-0.15, -0.1) is 0 Å². The number of benzene rings is 1. The average molecular weight is 308 g/mol. The topological polar surface area (TPSA) is 75.4 Å². The van der Waals surface area contributed by atoms with Crippen LogP contribution in [0, 0.1) is 5.92 Å². The maximum absolute atomic E-state index is 12.0. The van der Waals surface area contributed by atoms with Gasteiger partial charge in [-0.05, 0) is 36.6 Å². The molecule has 0 spiro atoms. The standard InChI is InChI=1S/C15H18ClN3O2/c16-13-3-1-2-11(10-13)4-7-18-15(21)19-8-5-12(6-9-19)14(17)20/h1-4,7,10,12H,5-6,8-9H2,(H2,17,20)(H,18,21)/b7-4+. The molecule has 1 heterocycles. The fourth-order valence-electron chi connectivity index (χ4n) is 2.28. The van der Waals surface area contributed by atoms with Crippen LogP contribution in [-0.2, 0) is 4.79 Å². The summed E-state index contributed by atoms with van der Waals surface area (Å²) in [7, 11) is 0. The highest BCUT2D eigenvalue weighted by atomic mass is 35.5. The van der Waals surface area contributed by atoms with Gasteiger partial charge in [0, 0.05) is 30.2 Å². The van der Waals surface area contributed by atoms with Crippen LogP contribution < -0.4 is 11.1 Å². The number of halogens is 1. The zero-order chi connectivity index (χ0) is 15.2. The molecule has 3 amide bonds. The highest BCUT2D eigenvalue weighted by Gasteiger charge is 2.25. The number of rotatable bonds is 3. The van der Waals surface area contributed by atoms with Crippen LogP contribution in [-0.4, -0.2) is 29.9 Å². The fraction of sp³-hybridized carbons (Fsp3) is 0.333. The zero-order valence-corrected chi connectivity index (χ0v) is 12.3. The second-order valence-electron chi connectivity index (χ2n) is 5.00. The molecule has 1 aromatic carbocycles. The van der Waals surface area contributed by atoms with Gasteiger partial charge in [0.15, 0.2) is 0 Å². The number of amides is 3. The molecular weight excluding hydrogens is 290 g/mol. The first-order chi connectivity index (χ1) is 10.1. The van der Waals surface area contributed by atoms with E-state index in [1.54, 1.807) is 23.2 Å². The molecule has 0 atom stereocenters. The number of urea groups is 1. The van der Waals surface area contributed by atoms with Gasteiger partial charge in [0.25, 0.3) is 0 Å². The lowest BCUT2D eigenvalue weighted by molar-refractivity contribution is -0.122. The van der Waals surface area contributed by atoms with Gasteiger partial charge in [-0.2, -0.15) is 0 Å². The normalized spacial score (nSPS) is 16.1. The summed E-state index contributed by atoms with van der Waals surface area (Å²) in [5.74, 6) is -0.396. The van der Waals surface area contributed by atoms with Crippen molar-refractivity contribution in [1.29, 1.82) is 0 Å². The number of nitrogens with one attached hydrogen (secondary N) is 1. The summed E-state index contributed by atoms with van der Waals surface area (Å²) in [5, 5.41) is 3.36. The SMILES string of the molecule is NC(=O)C1CCN(C(=O)N/C=C/c2cccc(Cl)c2)CC1. The van der Waals surface area contributed by atoms with Crippen LogP contribution in [0.3, 0.4) is 0 Å². The molecule has 6 heteroatoms. The Bertz CT molecular complexity index is 552. The molecule has 1 fully saturated rings. The van der Waals surface area contributed by atoms with E-state index in [4.69, 9.17) is 17.3 Å². The zero-order valence-electron chi connectivity index (χ0n) is 11.6. The predicted molar refractivity (Wildman–Crippen MR) is 82.5 cm³/mol. The van der Waals surface area contributed by atoms with Crippen molar-refractivity contribution in [3.8, 4) is 0 Å². The second kappa shape index (κ2) is 7.13. The van der Waals surface area contributed by atoms with Crippen LogP contribution in [0.1, 0.15) is 18.4 Å². The summed E-state index contributed by atoms with van der Waals surface area (Å²) in [4.78, 5) is 24.7. The molecule has 3 N–H and O–H groups in total. The molecule has 0 unspecified atom stereocenters. The number of carbonyl (C=O) groups is 2. The third-order valence-corrected chi connectivity index (χ3v) is 3.75. The number of primary amides is 1. The first-order valence-corrected chi connectivity index (χ1v) is 7.21. The van der Waals surface area contributed by atoms with Crippen LogP contribution in [0.15, 0.2) is 30.5 Å². The summed E-state index contributed by atoms with van der Waals surface area (Å²) >= 11 is 5.88.